The van der Waals surface area contributed by atoms with Gasteiger partial charge in [-0.25, -0.2) is 4.68 Å². The summed E-state index contributed by atoms with van der Waals surface area (Å²) in [4.78, 5) is 1.38. The van der Waals surface area contributed by atoms with Gasteiger partial charge in [-0.05, 0) is 34.8 Å². The number of thiophene rings is 1. The highest BCUT2D eigenvalue weighted by Crippen LogP contribution is 2.13. The average molecular weight is 306 g/mol. The molecule has 0 bridgehead atoms. The second-order valence-electron chi connectivity index (χ2n) is 3.54. The first-order chi connectivity index (χ1) is 8.36. The molecule has 0 atom stereocenters. The van der Waals surface area contributed by atoms with Gasteiger partial charge in [0.25, 0.3) is 0 Å². The first-order valence-corrected chi connectivity index (χ1v) is 7.31. The molecule has 2 aromatic heterocycles. The number of nitrogens with one attached hydrogen (secondary N) is 1. The normalized spacial score (nSPS) is 10.3. The van der Waals surface area contributed by atoms with Crippen molar-refractivity contribution in [2.45, 2.75) is 18.1 Å². The SMILES string of the molecule is Cl.Cn1nnnc1SCCCNCc1cccs1. The molecule has 0 aliphatic rings. The Morgan fingerprint density at radius 1 is 1.50 bits per heavy atom. The van der Waals surface area contributed by atoms with Gasteiger partial charge in [-0.1, -0.05) is 17.8 Å². The molecule has 1 N–H and O–H groups in total. The Morgan fingerprint density at radius 3 is 3.06 bits per heavy atom. The molecule has 0 radical (unpaired) electrons. The molecule has 2 heterocycles. The van der Waals surface area contributed by atoms with Crippen LogP contribution in [0.5, 0.6) is 0 Å². The summed E-state index contributed by atoms with van der Waals surface area (Å²) in [6.07, 6.45) is 1.11. The van der Waals surface area contributed by atoms with E-state index in [2.05, 4.69) is 38.4 Å². The van der Waals surface area contributed by atoms with Crippen LogP contribution < -0.4 is 5.32 Å². The summed E-state index contributed by atoms with van der Waals surface area (Å²) >= 11 is 3.48. The topological polar surface area (TPSA) is 55.6 Å². The second-order valence-corrected chi connectivity index (χ2v) is 5.64. The van der Waals surface area contributed by atoms with Crippen LogP contribution in [0.15, 0.2) is 22.7 Å². The molecule has 0 aromatic carbocycles. The third-order valence-electron chi connectivity index (χ3n) is 2.19. The Morgan fingerprint density at radius 2 is 2.39 bits per heavy atom. The predicted octanol–water partition coefficient (Wildman–Crippen LogP) is 1.97. The first kappa shape index (κ1) is 15.4. The smallest absolute Gasteiger partial charge is 0.209 e. The molecule has 0 aliphatic heterocycles. The third-order valence-corrected chi connectivity index (χ3v) is 4.16. The van der Waals surface area contributed by atoms with Crippen molar-refractivity contribution in [2.24, 2.45) is 7.05 Å². The summed E-state index contributed by atoms with van der Waals surface area (Å²) in [6, 6.07) is 4.23. The molecule has 2 aromatic rings. The number of aromatic nitrogens is 4. The van der Waals surface area contributed by atoms with E-state index in [9.17, 15) is 0 Å². The lowest BCUT2D eigenvalue weighted by Gasteiger charge is -2.02. The molecule has 0 aliphatic carbocycles. The zero-order valence-corrected chi connectivity index (χ0v) is 12.5. The molecule has 2 rings (SSSR count). The van der Waals surface area contributed by atoms with Crippen LogP contribution in [0.2, 0.25) is 0 Å². The molecule has 0 saturated heterocycles. The quantitative estimate of drug-likeness (QED) is 0.626. The molecule has 8 heteroatoms. The van der Waals surface area contributed by atoms with Gasteiger partial charge in [0.1, 0.15) is 0 Å². The van der Waals surface area contributed by atoms with E-state index >= 15 is 0 Å². The molecule has 0 amide bonds. The van der Waals surface area contributed by atoms with Crippen molar-refractivity contribution in [1.29, 1.82) is 0 Å². The number of tetrazole rings is 1. The van der Waals surface area contributed by atoms with Crippen LogP contribution in [0.4, 0.5) is 0 Å². The van der Waals surface area contributed by atoms with Gasteiger partial charge < -0.3 is 5.32 Å². The van der Waals surface area contributed by atoms with Gasteiger partial charge in [-0.15, -0.1) is 28.8 Å². The highest BCUT2D eigenvalue weighted by molar-refractivity contribution is 7.99. The molecule has 0 spiro atoms. The third kappa shape index (κ3) is 4.93. The molecule has 5 nitrogen and oxygen atoms in total. The van der Waals surface area contributed by atoms with E-state index < -0.39 is 0 Å². The molecule has 0 fully saturated rings. The number of rotatable bonds is 7. The van der Waals surface area contributed by atoms with E-state index in [-0.39, 0.29) is 12.4 Å². The largest absolute Gasteiger partial charge is 0.312 e. The van der Waals surface area contributed by atoms with Crippen molar-refractivity contribution in [3.8, 4) is 0 Å². The van der Waals surface area contributed by atoms with Crippen LogP contribution in [0.3, 0.4) is 0 Å². The molecular formula is C10H16ClN5S2. The average Bonchev–Trinajstić information content (AvgIpc) is 2.95. The number of hydrogen-bond acceptors (Lipinski definition) is 6. The highest BCUT2D eigenvalue weighted by atomic mass is 35.5. The van der Waals surface area contributed by atoms with Crippen LogP contribution in [0, 0.1) is 0 Å². The maximum Gasteiger partial charge on any atom is 0.209 e. The van der Waals surface area contributed by atoms with Crippen molar-refractivity contribution < 1.29 is 0 Å². The minimum atomic E-state index is 0. The zero-order chi connectivity index (χ0) is 11.9. The van der Waals surface area contributed by atoms with Crippen LogP contribution in [-0.4, -0.2) is 32.5 Å². The number of aryl methyl sites for hydroxylation is 1. The number of nitrogens with zero attached hydrogens (tertiary/aromatic N) is 4. The molecular weight excluding hydrogens is 290 g/mol. The van der Waals surface area contributed by atoms with Gasteiger partial charge in [-0.3, -0.25) is 0 Å². The summed E-state index contributed by atoms with van der Waals surface area (Å²) in [5, 5.41) is 17.7. The van der Waals surface area contributed by atoms with Crippen LogP contribution in [-0.2, 0) is 13.6 Å². The Labute approximate surface area is 121 Å². The Balaban J connectivity index is 0.00000162. The zero-order valence-electron chi connectivity index (χ0n) is 10.1. The van der Waals surface area contributed by atoms with Gasteiger partial charge in [-0.2, -0.15) is 0 Å². The van der Waals surface area contributed by atoms with Gasteiger partial charge in [0.2, 0.25) is 5.16 Å². The predicted molar refractivity (Wildman–Crippen MR) is 77.4 cm³/mol. The summed E-state index contributed by atoms with van der Waals surface area (Å²) < 4.78 is 1.70. The standard InChI is InChI=1S/C10H15N5S2.ClH/c1-15-10(12-13-14-15)17-7-3-5-11-8-9-4-2-6-16-9;/h2,4,6,11H,3,5,7-8H2,1H3;1H. The van der Waals surface area contributed by atoms with E-state index in [1.807, 2.05) is 7.05 Å². The van der Waals surface area contributed by atoms with Crippen molar-refractivity contribution >= 4 is 35.5 Å². The van der Waals surface area contributed by atoms with Crippen LogP contribution in [0.1, 0.15) is 11.3 Å². The fourth-order valence-corrected chi connectivity index (χ4v) is 2.79. The van der Waals surface area contributed by atoms with E-state index in [1.54, 1.807) is 27.8 Å². The number of hydrogen-bond donors (Lipinski definition) is 1. The Hall–Kier alpha value is -0.630. The maximum atomic E-state index is 3.92. The molecule has 0 unspecified atom stereocenters. The molecule has 18 heavy (non-hydrogen) atoms. The fourth-order valence-electron chi connectivity index (χ4n) is 1.33. The van der Waals surface area contributed by atoms with Crippen molar-refractivity contribution in [2.75, 3.05) is 12.3 Å². The highest BCUT2D eigenvalue weighted by Gasteiger charge is 2.01. The van der Waals surface area contributed by atoms with Gasteiger partial charge in [0.05, 0.1) is 0 Å². The van der Waals surface area contributed by atoms with E-state index in [1.165, 1.54) is 4.88 Å². The lowest BCUT2D eigenvalue weighted by Crippen LogP contribution is -2.14. The number of halogens is 1. The molecule has 0 saturated carbocycles. The summed E-state index contributed by atoms with van der Waals surface area (Å²) in [7, 11) is 1.86. The van der Waals surface area contributed by atoms with Crippen molar-refractivity contribution in [1.82, 2.24) is 25.5 Å². The number of thioether (sulfide) groups is 1. The first-order valence-electron chi connectivity index (χ1n) is 5.44. The maximum absolute atomic E-state index is 3.92. The van der Waals surface area contributed by atoms with Crippen LogP contribution in [0.25, 0.3) is 0 Å². The van der Waals surface area contributed by atoms with E-state index in [0.717, 1.165) is 30.4 Å². The van der Waals surface area contributed by atoms with E-state index in [0.29, 0.717) is 0 Å². The summed E-state index contributed by atoms with van der Waals surface area (Å²) in [5.74, 6) is 1.03. The van der Waals surface area contributed by atoms with Crippen molar-refractivity contribution in [3.05, 3.63) is 22.4 Å². The fraction of sp³-hybridized carbons (Fsp3) is 0.500. The van der Waals surface area contributed by atoms with Gasteiger partial charge in [0.15, 0.2) is 0 Å². The van der Waals surface area contributed by atoms with Crippen molar-refractivity contribution in [3.63, 3.8) is 0 Å². The van der Waals surface area contributed by atoms with Crippen LogP contribution >= 0.6 is 35.5 Å². The summed E-state index contributed by atoms with van der Waals surface area (Å²) in [6.45, 7) is 1.99. The van der Waals surface area contributed by atoms with Gasteiger partial charge >= 0.3 is 0 Å². The minimum absolute atomic E-state index is 0. The minimum Gasteiger partial charge on any atom is -0.312 e. The lowest BCUT2D eigenvalue weighted by atomic mass is 10.4. The molecule has 100 valence electrons. The van der Waals surface area contributed by atoms with Gasteiger partial charge in [0, 0.05) is 24.2 Å². The monoisotopic (exact) mass is 305 g/mol. The Kier molecular flexibility index (Phi) is 7.26. The lowest BCUT2D eigenvalue weighted by molar-refractivity contribution is 0.661. The van der Waals surface area contributed by atoms with E-state index in [4.69, 9.17) is 0 Å². The Bertz CT molecular complexity index is 431. The summed E-state index contributed by atoms with van der Waals surface area (Å²) in [5.41, 5.74) is 0. The second kappa shape index (κ2) is 8.47.